The fourth-order valence-electron chi connectivity index (χ4n) is 6.09. The molecule has 0 spiro atoms. The molecule has 0 saturated carbocycles. The number of para-hydroxylation sites is 3. The summed E-state index contributed by atoms with van der Waals surface area (Å²) in [6.07, 6.45) is 0. The first-order valence-corrected chi connectivity index (χ1v) is 15.4. The van der Waals surface area contributed by atoms with Gasteiger partial charge in [-0.2, -0.15) is 0 Å². The molecule has 0 fully saturated rings. The molecule has 2 aromatic heterocycles. The lowest BCUT2D eigenvalue weighted by molar-refractivity contribution is 1.10. The molecule has 8 aromatic rings. The van der Waals surface area contributed by atoms with Crippen LogP contribution in [0.3, 0.4) is 0 Å². The van der Waals surface area contributed by atoms with E-state index >= 15 is 0 Å². The quantitative estimate of drug-likeness (QED) is 0.224. The van der Waals surface area contributed by atoms with Crippen molar-refractivity contribution in [3.8, 4) is 28.5 Å². The molecule has 5 nitrogen and oxygen atoms in total. The molecule has 6 aromatic carbocycles. The SMILES string of the molecule is c1ccc(-c2nc3cc4nc(-c5ccc(N6c7ccccc7Sc7ccccc76)cc5)[nH]c4cc3n2-c2ccccc2)cc1. The molecule has 44 heavy (non-hydrogen) atoms. The summed E-state index contributed by atoms with van der Waals surface area (Å²) in [5.41, 5.74) is 10.5. The average Bonchev–Trinajstić information content (AvgIpc) is 3.68. The van der Waals surface area contributed by atoms with Crippen LogP contribution >= 0.6 is 11.8 Å². The van der Waals surface area contributed by atoms with Crippen molar-refractivity contribution in [2.75, 3.05) is 4.90 Å². The van der Waals surface area contributed by atoms with Crippen LogP contribution in [-0.2, 0) is 0 Å². The minimum absolute atomic E-state index is 0.837. The number of imidazole rings is 2. The minimum Gasteiger partial charge on any atom is -0.338 e. The Morgan fingerprint density at radius 3 is 1.86 bits per heavy atom. The van der Waals surface area contributed by atoms with Gasteiger partial charge < -0.3 is 9.88 Å². The van der Waals surface area contributed by atoms with Crippen LogP contribution in [0.15, 0.2) is 155 Å². The smallest absolute Gasteiger partial charge is 0.145 e. The van der Waals surface area contributed by atoms with Crippen molar-refractivity contribution in [2.24, 2.45) is 0 Å². The van der Waals surface area contributed by atoms with Gasteiger partial charge >= 0.3 is 0 Å². The van der Waals surface area contributed by atoms with E-state index in [0.29, 0.717) is 0 Å². The summed E-state index contributed by atoms with van der Waals surface area (Å²) in [6.45, 7) is 0. The number of H-pyrrole nitrogens is 1. The van der Waals surface area contributed by atoms with Crippen molar-refractivity contribution in [3.05, 3.63) is 146 Å². The first kappa shape index (κ1) is 25.0. The summed E-state index contributed by atoms with van der Waals surface area (Å²) in [6, 6.07) is 50.8. The highest BCUT2D eigenvalue weighted by molar-refractivity contribution is 7.99. The summed E-state index contributed by atoms with van der Waals surface area (Å²) in [5.74, 6) is 1.75. The van der Waals surface area contributed by atoms with E-state index in [9.17, 15) is 0 Å². The zero-order valence-electron chi connectivity index (χ0n) is 23.6. The Morgan fingerprint density at radius 2 is 1.16 bits per heavy atom. The Labute approximate surface area is 258 Å². The Kier molecular flexibility index (Phi) is 5.67. The van der Waals surface area contributed by atoms with E-state index in [1.165, 1.54) is 21.2 Å². The second-order valence-electron chi connectivity index (χ2n) is 10.8. The number of nitrogens with one attached hydrogen (secondary N) is 1. The van der Waals surface area contributed by atoms with Gasteiger partial charge in [-0.05, 0) is 72.8 Å². The number of nitrogens with zero attached hydrogens (tertiary/aromatic N) is 4. The van der Waals surface area contributed by atoms with Gasteiger partial charge in [0.25, 0.3) is 0 Å². The molecule has 208 valence electrons. The molecular weight excluding hydrogens is 559 g/mol. The number of hydrogen-bond acceptors (Lipinski definition) is 4. The van der Waals surface area contributed by atoms with Crippen LogP contribution in [0.1, 0.15) is 0 Å². The van der Waals surface area contributed by atoms with E-state index < -0.39 is 0 Å². The first-order chi connectivity index (χ1) is 21.8. The standard InChI is InChI=1S/C38H25N5S/c1-3-11-26(12-4-1)38-41-31-23-29-30(24-34(31)43(38)27-13-5-2-6-14-27)40-37(39-29)25-19-21-28(22-20-25)42-32-15-7-9-17-35(32)44-36-18-10-8-16-33(36)42/h1-24H,(H,39,40). The van der Waals surface area contributed by atoms with Gasteiger partial charge in [0.05, 0.1) is 33.4 Å². The van der Waals surface area contributed by atoms with Gasteiger partial charge in [0.1, 0.15) is 11.6 Å². The summed E-state index contributed by atoms with van der Waals surface area (Å²) in [4.78, 5) is 18.5. The highest BCUT2D eigenvalue weighted by atomic mass is 32.2. The van der Waals surface area contributed by atoms with Crippen LogP contribution in [0.25, 0.3) is 50.5 Å². The van der Waals surface area contributed by atoms with Crippen LogP contribution in [0.5, 0.6) is 0 Å². The third kappa shape index (κ3) is 4.03. The Bertz CT molecular complexity index is 2260. The summed E-state index contributed by atoms with van der Waals surface area (Å²) in [7, 11) is 0. The predicted octanol–water partition coefficient (Wildman–Crippen LogP) is 10.2. The van der Waals surface area contributed by atoms with Crippen molar-refractivity contribution in [2.45, 2.75) is 9.79 Å². The maximum absolute atomic E-state index is 5.09. The predicted molar refractivity (Wildman–Crippen MR) is 180 cm³/mol. The van der Waals surface area contributed by atoms with Crippen LogP contribution in [0, 0.1) is 0 Å². The second kappa shape index (κ2) is 10.0. The number of fused-ring (bicyclic) bond motifs is 4. The van der Waals surface area contributed by atoms with Crippen molar-refractivity contribution in [1.29, 1.82) is 0 Å². The van der Waals surface area contributed by atoms with Crippen LogP contribution in [0.4, 0.5) is 17.1 Å². The van der Waals surface area contributed by atoms with E-state index in [-0.39, 0.29) is 0 Å². The van der Waals surface area contributed by atoms with E-state index in [2.05, 4.69) is 148 Å². The number of aromatic amines is 1. The monoisotopic (exact) mass is 583 g/mol. The fraction of sp³-hybridized carbons (Fsp3) is 0. The molecule has 1 N–H and O–H groups in total. The molecule has 0 bridgehead atoms. The van der Waals surface area contributed by atoms with Crippen molar-refractivity contribution in [3.63, 3.8) is 0 Å². The van der Waals surface area contributed by atoms with Crippen LogP contribution < -0.4 is 4.90 Å². The van der Waals surface area contributed by atoms with Gasteiger partial charge in [-0.25, -0.2) is 9.97 Å². The molecule has 0 atom stereocenters. The third-order valence-corrected chi connectivity index (χ3v) is 9.27. The van der Waals surface area contributed by atoms with E-state index in [1.807, 2.05) is 23.9 Å². The van der Waals surface area contributed by atoms with Crippen molar-refractivity contribution >= 4 is 50.9 Å². The zero-order valence-corrected chi connectivity index (χ0v) is 24.4. The lowest BCUT2D eigenvalue weighted by Crippen LogP contribution is -2.14. The maximum Gasteiger partial charge on any atom is 0.145 e. The summed E-state index contributed by atoms with van der Waals surface area (Å²) >= 11 is 1.82. The average molecular weight is 584 g/mol. The normalized spacial score (nSPS) is 12.4. The fourth-order valence-corrected chi connectivity index (χ4v) is 7.15. The molecule has 0 aliphatic carbocycles. The third-order valence-electron chi connectivity index (χ3n) is 8.13. The van der Waals surface area contributed by atoms with E-state index in [4.69, 9.17) is 9.97 Å². The molecule has 0 saturated heterocycles. The molecule has 1 aliphatic heterocycles. The first-order valence-electron chi connectivity index (χ1n) is 14.6. The molecule has 0 radical (unpaired) electrons. The Morgan fingerprint density at radius 1 is 0.523 bits per heavy atom. The largest absolute Gasteiger partial charge is 0.338 e. The molecule has 0 unspecified atom stereocenters. The zero-order chi connectivity index (χ0) is 29.0. The number of hydrogen-bond donors (Lipinski definition) is 1. The Hall–Kier alpha value is -5.59. The van der Waals surface area contributed by atoms with Gasteiger partial charge in [-0.15, -0.1) is 0 Å². The van der Waals surface area contributed by atoms with Crippen LogP contribution in [-0.4, -0.2) is 19.5 Å². The van der Waals surface area contributed by atoms with E-state index in [0.717, 1.165) is 56.2 Å². The number of anilines is 3. The van der Waals surface area contributed by atoms with Gasteiger partial charge in [-0.3, -0.25) is 4.57 Å². The molecule has 6 heteroatoms. The molecule has 0 amide bonds. The highest BCUT2D eigenvalue weighted by Gasteiger charge is 2.24. The lowest BCUT2D eigenvalue weighted by Gasteiger charge is -2.32. The van der Waals surface area contributed by atoms with Crippen molar-refractivity contribution < 1.29 is 0 Å². The second-order valence-corrected chi connectivity index (χ2v) is 11.9. The Balaban J connectivity index is 1.13. The van der Waals surface area contributed by atoms with Crippen LogP contribution in [0.2, 0.25) is 0 Å². The molecule has 1 aliphatic rings. The number of aromatic nitrogens is 4. The van der Waals surface area contributed by atoms with Gasteiger partial charge in [0.15, 0.2) is 0 Å². The molecule has 9 rings (SSSR count). The number of rotatable bonds is 4. The highest BCUT2D eigenvalue weighted by Crippen LogP contribution is 2.51. The topological polar surface area (TPSA) is 49.7 Å². The summed E-state index contributed by atoms with van der Waals surface area (Å²) in [5, 5.41) is 0. The van der Waals surface area contributed by atoms with Gasteiger partial charge in [0.2, 0.25) is 0 Å². The molecule has 3 heterocycles. The minimum atomic E-state index is 0.837. The van der Waals surface area contributed by atoms with Gasteiger partial charge in [0, 0.05) is 32.3 Å². The van der Waals surface area contributed by atoms with Crippen molar-refractivity contribution in [1.82, 2.24) is 19.5 Å². The maximum atomic E-state index is 5.09. The molecular formula is C38H25N5S. The lowest BCUT2D eigenvalue weighted by atomic mass is 10.1. The summed E-state index contributed by atoms with van der Waals surface area (Å²) < 4.78 is 2.23. The van der Waals surface area contributed by atoms with E-state index in [1.54, 1.807) is 0 Å². The van der Waals surface area contributed by atoms with Gasteiger partial charge in [-0.1, -0.05) is 84.6 Å². The number of benzene rings is 6.